The monoisotopic (exact) mass is 357 g/mol. The number of anilines is 2. The van der Waals surface area contributed by atoms with E-state index in [0.717, 1.165) is 28.0 Å². The van der Waals surface area contributed by atoms with Crippen LogP contribution in [0.4, 0.5) is 11.5 Å². The molecule has 8 heteroatoms. The molecule has 0 amide bonds. The Balaban J connectivity index is 1.82. The molecule has 0 spiro atoms. The van der Waals surface area contributed by atoms with E-state index < -0.39 is 11.3 Å². The summed E-state index contributed by atoms with van der Waals surface area (Å²) in [5.41, 5.74) is 2.31. The first kappa shape index (κ1) is 17.1. The van der Waals surface area contributed by atoms with Crippen molar-refractivity contribution in [3.63, 3.8) is 0 Å². The Hall–Kier alpha value is -2.71. The molecule has 2 atom stereocenters. The molecule has 1 aromatic heterocycles. The molecule has 7 nitrogen and oxygen atoms in total. The Morgan fingerprint density at radius 1 is 1.16 bits per heavy atom. The summed E-state index contributed by atoms with van der Waals surface area (Å²) in [5.74, 6) is 1.46. The molecule has 0 aliphatic heterocycles. The first-order chi connectivity index (χ1) is 12.1. The van der Waals surface area contributed by atoms with Gasteiger partial charge in [-0.15, -0.1) is 0 Å². The lowest BCUT2D eigenvalue weighted by Crippen LogP contribution is -2.09. The number of benzene rings is 2. The van der Waals surface area contributed by atoms with Crippen LogP contribution >= 0.6 is 0 Å². The summed E-state index contributed by atoms with van der Waals surface area (Å²) in [7, 11) is 1.62. The molecular formula is C17H17N4O3S-. The third-order valence-electron chi connectivity index (χ3n) is 3.81. The van der Waals surface area contributed by atoms with E-state index in [4.69, 9.17) is 4.74 Å². The zero-order valence-electron chi connectivity index (χ0n) is 13.7. The van der Waals surface area contributed by atoms with Crippen molar-refractivity contribution in [3.05, 3.63) is 54.4 Å². The highest BCUT2D eigenvalue weighted by Crippen LogP contribution is 2.27. The molecule has 0 bridgehead atoms. The van der Waals surface area contributed by atoms with Gasteiger partial charge in [-0.25, -0.2) is 9.97 Å². The largest absolute Gasteiger partial charge is 0.755 e. The number of hydrogen-bond acceptors (Lipinski definition) is 6. The highest BCUT2D eigenvalue weighted by Gasteiger charge is 2.10. The molecule has 3 rings (SSSR count). The van der Waals surface area contributed by atoms with Crippen LogP contribution in [0.3, 0.4) is 0 Å². The van der Waals surface area contributed by atoms with Gasteiger partial charge in [0.25, 0.3) is 0 Å². The first-order valence-electron chi connectivity index (χ1n) is 7.58. The van der Waals surface area contributed by atoms with Gasteiger partial charge in [-0.05, 0) is 36.8 Å². The highest BCUT2D eigenvalue weighted by atomic mass is 32.2. The number of aromatic nitrogens is 2. The van der Waals surface area contributed by atoms with E-state index in [-0.39, 0.29) is 6.04 Å². The molecule has 0 saturated carbocycles. The van der Waals surface area contributed by atoms with Crippen molar-refractivity contribution in [2.75, 3.05) is 17.1 Å². The molecule has 1 heterocycles. The maximum Gasteiger partial charge on any atom is 0.137 e. The van der Waals surface area contributed by atoms with Crippen LogP contribution in [0, 0.1) is 0 Å². The average Bonchev–Trinajstić information content (AvgIpc) is 2.61. The maximum absolute atomic E-state index is 10.7. The summed E-state index contributed by atoms with van der Waals surface area (Å²) < 4.78 is 28.8. The third kappa shape index (κ3) is 4.04. The van der Waals surface area contributed by atoms with Crippen molar-refractivity contribution in [2.45, 2.75) is 13.0 Å². The lowest BCUT2D eigenvalue weighted by molar-refractivity contribution is 0.415. The van der Waals surface area contributed by atoms with Gasteiger partial charge in [-0.1, -0.05) is 12.1 Å². The van der Waals surface area contributed by atoms with Gasteiger partial charge in [0.1, 0.15) is 17.9 Å². The number of nitrogens with zero attached hydrogens (tertiary/aromatic N) is 2. The quantitative estimate of drug-likeness (QED) is 0.658. The van der Waals surface area contributed by atoms with E-state index >= 15 is 0 Å². The number of ether oxygens (including phenoxy) is 1. The zero-order valence-corrected chi connectivity index (χ0v) is 14.5. The van der Waals surface area contributed by atoms with E-state index in [1.165, 1.54) is 6.33 Å². The van der Waals surface area contributed by atoms with Gasteiger partial charge in [-0.3, -0.25) is 4.21 Å². The van der Waals surface area contributed by atoms with Crippen molar-refractivity contribution in [1.29, 1.82) is 0 Å². The molecule has 25 heavy (non-hydrogen) atoms. The molecule has 0 aliphatic rings. The average molecular weight is 357 g/mol. The van der Waals surface area contributed by atoms with Crippen molar-refractivity contribution in [2.24, 2.45) is 0 Å². The molecule has 0 saturated heterocycles. The molecule has 130 valence electrons. The number of fused-ring (bicyclic) bond motifs is 1. The van der Waals surface area contributed by atoms with Gasteiger partial charge in [-0.2, -0.15) is 0 Å². The summed E-state index contributed by atoms with van der Waals surface area (Å²) in [6.07, 6.45) is 1.51. The molecule has 0 fully saturated rings. The summed E-state index contributed by atoms with van der Waals surface area (Å²) in [6, 6.07) is 12.8. The number of rotatable bonds is 6. The van der Waals surface area contributed by atoms with Crippen LogP contribution in [-0.2, 0) is 11.3 Å². The molecule has 2 aromatic carbocycles. The van der Waals surface area contributed by atoms with Crippen LogP contribution in [0.1, 0.15) is 18.5 Å². The molecule has 2 unspecified atom stereocenters. The number of hydrogen-bond donors (Lipinski definition) is 2. The van der Waals surface area contributed by atoms with Gasteiger partial charge in [0, 0.05) is 34.4 Å². The Labute approximate surface area is 147 Å². The normalized spacial score (nSPS) is 13.2. The van der Waals surface area contributed by atoms with E-state index in [1.54, 1.807) is 19.2 Å². The fraction of sp³-hybridized carbons (Fsp3) is 0.176. The Bertz CT molecular complexity index is 902. The minimum Gasteiger partial charge on any atom is -0.755 e. The minimum absolute atomic E-state index is 0.0213. The Morgan fingerprint density at radius 2 is 1.92 bits per heavy atom. The molecular weight excluding hydrogens is 340 g/mol. The topological polar surface area (TPSA) is 99.2 Å². The lowest BCUT2D eigenvalue weighted by atomic mass is 10.1. The smallest absolute Gasteiger partial charge is 0.137 e. The van der Waals surface area contributed by atoms with Gasteiger partial charge in [0.05, 0.1) is 12.6 Å². The second-order valence-electron chi connectivity index (χ2n) is 5.43. The molecule has 3 aromatic rings. The molecule has 0 radical (unpaired) electrons. The maximum atomic E-state index is 10.7. The van der Waals surface area contributed by atoms with Crippen molar-refractivity contribution in [3.8, 4) is 5.75 Å². The predicted octanol–water partition coefficient (Wildman–Crippen LogP) is 3.02. The Kier molecular flexibility index (Phi) is 5.11. The van der Waals surface area contributed by atoms with E-state index in [9.17, 15) is 8.76 Å². The van der Waals surface area contributed by atoms with Crippen LogP contribution in [0.25, 0.3) is 10.9 Å². The first-order valence-corrected chi connectivity index (χ1v) is 8.65. The van der Waals surface area contributed by atoms with Crippen molar-refractivity contribution in [1.82, 2.24) is 9.97 Å². The summed E-state index contributed by atoms with van der Waals surface area (Å²) in [6.45, 7) is 2.01. The van der Waals surface area contributed by atoms with Gasteiger partial charge in [0.15, 0.2) is 0 Å². The summed E-state index contributed by atoms with van der Waals surface area (Å²) >= 11 is -2.33. The second-order valence-corrected chi connectivity index (χ2v) is 6.10. The van der Waals surface area contributed by atoms with Crippen molar-refractivity contribution < 1.29 is 13.5 Å². The van der Waals surface area contributed by atoms with E-state index in [1.807, 2.05) is 37.3 Å². The number of nitrogens with one attached hydrogen (secondary N) is 2. The van der Waals surface area contributed by atoms with E-state index in [0.29, 0.717) is 5.69 Å². The third-order valence-corrected chi connectivity index (χ3v) is 4.21. The standard InChI is InChI=1S/C17H18N4O3S/c1-11(12-3-5-13(6-4-12)21-25(22)23)20-17-15-8-7-14(24-2)9-16(15)18-10-19-17/h3-11,21H,1-2H3,(H,22,23)(H,18,19,20)/p-1. The van der Waals surface area contributed by atoms with E-state index in [2.05, 4.69) is 20.0 Å². The molecule has 2 N–H and O–H groups in total. The minimum atomic E-state index is -2.33. The van der Waals surface area contributed by atoms with Gasteiger partial charge < -0.3 is 19.3 Å². The predicted molar refractivity (Wildman–Crippen MR) is 97.1 cm³/mol. The lowest BCUT2D eigenvalue weighted by Gasteiger charge is -2.17. The second kappa shape index (κ2) is 7.45. The number of methoxy groups -OCH3 is 1. The fourth-order valence-electron chi connectivity index (χ4n) is 2.50. The van der Waals surface area contributed by atoms with Crippen LogP contribution < -0.4 is 14.8 Å². The SMILES string of the molecule is COc1ccc2c(NC(C)c3ccc(NS(=O)[O-])cc3)ncnc2c1. The van der Waals surface area contributed by atoms with Crippen LogP contribution in [0.15, 0.2) is 48.8 Å². The summed E-state index contributed by atoms with van der Waals surface area (Å²) in [4.78, 5) is 8.60. The van der Waals surface area contributed by atoms with Crippen LogP contribution in [0.2, 0.25) is 0 Å². The van der Waals surface area contributed by atoms with Gasteiger partial charge >= 0.3 is 0 Å². The molecule has 0 aliphatic carbocycles. The summed E-state index contributed by atoms with van der Waals surface area (Å²) in [5, 5.41) is 4.26. The highest BCUT2D eigenvalue weighted by molar-refractivity contribution is 7.80. The zero-order chi connectivity index (χ0) is 17.8. The van der Waals surface area contributed by atoms with Crippen molar-refractivity contribution >= 4 is 33.7 Å². The Morgan fingerprint density at radius 3 is 2.60 bits per heavy atom. The van der Waals surface area contributed by atoms with Gasteiger partial charge in [0.2, 0.25) is 0 Å². The van der Waals surface area contributed by atoms with Crippen LogP contribution in [0.5, 0.6) is 5.75 Å². The van der Waals surface area contributed by atoms with Crippen LogP contribution in [-0.4, -0.2) is 25.8 Å². The fourth-order valence-corrected chi connectivity index (χ4v) is 2.83.